The van der Waals surface area contributed by atoms with Gasteiger partial charge in [0.25, 0.3) is 0 Å². The van der Waals surface area contributed by atoms with E-state index < -0.39 is 18.4 Å². The summed E-state index contributed by atoms with van der Waals surface area (Å²) in [5.74, 6) is 0.0568. The van der Waals surface area contributed by atoms with E-state index in [4.69, 9.17) is 14.2 Å². The summed E-state index contributed by atoms with van der Waals surface area (Å²) in [6.45, 7) is 2.34. The maximum absolute atomic E-state index is 12.6. The first-order chi connectivity index (χ1) is 13.8. The van der Waals surface area contributed by atoms with Crippen LogP contribution in [0.3, 0.4) is 0 Å². The third kappa shape index (κ3) is 5.24. The van der Waals surface area contributed by atoms with Crippen molar-refractivity contribution in [1.82, 2.24) is 0 Å². The Hall–Kier alpha value is -3.10. The van der Waals surface area contributed by atoms with Gasteiger partial charge in [-0.05, 0) is 36.8 Å². The van der Waals surface area contributed by atoms with E-state index in [-0.39, 0.29) is 24.7 Å². The Kier molecular flexibility index (Phi) is 6.05. The van der Waals surface area contributed by atoms with Crippen LogP contribution in [0.25, 0.3) is 0 Å². The highest BCUT2D eigenvalue weighted by Gasteiger charge is 2.34. The molecule has 0 amide bonds. The van der Waals surface area contributed by atoms with Gasteiger partial charge >= 0.3 is 12.3 Å². The number of alkyl halides is 3. The molecule has 1 atom stereocenters. The Morgan fingerprint density at radius 1 is 1.17 bits per heavy atom. The standard InChI is InChI=1S/C20H20F3NO5/c1-3-27-19(25)18-12-24(11-13-4-6-14(26-2)7-5-13)16-10-15(29-20(21,22)23)8-9-17(16)28-18/h4-10,18H,3,11-12H2,1-2H3. The van der Waals surface area contributed by atoms with Crippen LogP contribution in [0.2, 0.25) is 0 Å². The van der Waals surface area contributed by atoms with Crippen molar-refractivity contribution in [1.29, 1.82) is 0 Å². The van der Waals surface area contributed by atoms with Crippen molar-refractivity contribution in [2.24, 2.45) is 0 Å². The van der Waals surface area contributed by atoms with Gasteiger partial charge in [-0.2, -0.15) is 0 Å². The lowest BCUT2D eigenvalue weighted by Gasteiger charge is -2.35. The van der Waals surface area contributed by atoms with E-state index >= 15 is 0 Å². The average Bonchev–Trinajstić information content (AvgIpc) is 2.67. The summed E-state index contributed by atoms with van der Waals surface area (Å²) in [5, 5.41) is 0. The van der Waals surface area contributed by atoms with Gasteiger partial charge in [0.1, 0.15) is 17.2 Å². The van der Waals surface area contributed by atoms with Gasteiger partial charge in [-0.15, -0.1) is 13.2 Å². The third-order valence-electron chi connectivity index (χ3n) is 4.24. The number of fused-ring (bicyclic) bond motifs is 1. The van der Waals surface area contributed by atoms with Gasteiger partial charge in [-0.3, -0.25) is 0 Å². The van der Waals surface area contributed by atoms with Crippen LogP contribution in [0, 0.1) is 0 Å². The summed E-state index contributed by atoms with van der Waals surface area (Å²) >= 11 is 0. The van der Waals surface area contributed by atoms with Crippen molar-refractivity contribution < 1.29 is 36.9 Å². The minimum Gasteiger partial charge on any atom is -0.497 e. The lowest BCUT2D eigenvalue weighted by Crippen LogP contribution is -2.45. The number of methoxy groups -OCH3 is 1. The summed E-state index contributed by atoms with van der Waals surface area (Å²) in [6, 6.07) is 11.0. The van der Waals surface area contributed by atoms with Crippen molar-refractivity contribution >= 4 is 11.7 Å². The SMILES string of the molecule is CCOC(=O)C1CN(Cc2ccc(OC)cc2)c2cc(OC(F)(F)F)ccc2O1. The van der Waals surface area contributed by atoms with Crippen molar-refractivity contribution in [3.8, 4) is 17.2 Å². The fourth-order valence-corrected chi connectivity index (χ4v) is 2.99. The molecule has 156 valence electrons. The van der Waals surface area contributed by atoms with Gasteiger partial charge in [0, 0.05) is 12.6 Å². The van der Waals surface area contributed by atoms with Gasteiger partial charge in [0.05, 0.1) is 25.9 Å². The molecule has 29 heavy (non-hydrogen) atoms. The molecular weight excluding hydrogens is 391 g/mol. The monoisotopic (exact) mass is 411 g/mol. The van der Waals surface area contributed by atoms with E-state index in [1.807, 2.05) is 12.1 Å². The number of esters is 1. The quantitative estimate of drug-likeness (QED) is 0.672. The highest BCUT2D eigenvalue weighted by atomic mass is 19.4. The molecule has 0 aliphatic carbocycles. The van der Waals surface area contributed by atoms with Crippen molar-refractivity contribution in [3.63, 3.8) is 0 Å². The molecule has 2 aromatic carbocycles. The van der Waals surface area contributed by atoms with Crippen LogP contribution in [0.1, 0.15) is 12.5 Å². The predicted octanol–water partition coefficient (Wildman–Crippen LogP) is 3.92. The molecule has 1 unspecified atom stereocenters. The van der Waals surface area contributed by atoms with Crippen molar-refractivity contribution in [3.05, 3.63) is 48.0 Å². The summed E-state index contributed by atoms with van der Waals surface area (Å²) in [6.07, 6.45) is -5.70. The zero-order chi connectivity index (χ0) is 21.0. The van der Waals surface area contributed by atoms with Crippen LogP contribution in [0.5, 0.6) is 17.2 Å². The van der Waals surface area contributed by atoms with Crippen LogP contribution >= 0.6 is 0 Å². The second-order valence-electron chi connectivity index (χ2n) is 6.26. The van der Waals surface area contributed by atoms with E-state index in [2.05, 4.69) is 4.74 Å². The number of carbonyl (C=O) groups is 1. The number of benzene rings is 2. The molecule has 1 aliphatic heterocycles. The second kappa shape index (κ2) is 8.50. The average molecular weight is 411 g/mol. The topological polar surface area (TPSA) is 57.2 Å². The zero-order valence-electron chi connectivity index (χ0n) is 15.9. The highest BCUT2D eigenvalue weighted by molar-refractivity contribution is 5.78. The first-order valence-corrected chi connectivity index (χ1v) is 8.90. The van der Waals surface area contributed by atoms with Crippen LogP contribution in [0.4, 0.5) is 18.9 Å². The van der Waals surface area contributed by atoms with Crippen LogP contribution < -0.4 is 19.1 Å². The largest absolute Gasteiger partial charge is 0.573 e. The fraction of sp³-hybridized carbons (Fsp3) is 0.350. The van der Waals surface area contributed by atoms with E-state index in [1.54, 1.807) is 31.1 Å². The number of hydrogen-bond donors (Lipinski definition) is 0. The number of nitrogens with zero attached hydrogens (tertiary/aromatic N) is 1. The molecular formula is C20H20F3NO5. The Balaban J connectivity index is 1.90. The minimum absolute atomic E-state index is 0.118. The normalized spacial score (nSPS) is 15.9. The van der Waals surface area contributed by atoms with Crippen LogP contribution in [-0.4, -0.2) is 38.7 Å². The van der Waals surface area contributed by atoms with Gasteiger partial charge in [-0.1, -0.05) is 12.1 Å². The molecule has 0 N–H and O–H groups in total. The number of anilines is 1. The molecule has 9 heteroatoms. The number of carbonyl (C=O) groups excluding carboxylic acids is 1. The first-order valence-electron chi connectivity index (χ1n) is 8.90. The van der Waals surface area contributed by atoms with E-state index in [1.165, 1.54) is 12.1 Å². The molecule has 0 bridgehead atoms. The molecule has 0 saturated carbocycles. The Morgan fingerprint density at radius 3 is 2.48 bits per heavy atom. The number of rotatable bonds is 6. The molecule has 0 aromatic heterocycles. The fourth-order valence-electron chi connectivity index (χ4n) is 2.99. The molecule has 0 saturated heterocycles. The molecule has 6 nitrogen and oxygen atoms in total. The Labute approximate surface area is 165 Å². The minimum atomic E-state index is -4.81. The molecule has 0 radical (unpaired) electrons. The summed E-state index contributed by atoms with van der Waals surface area (Å²) in [7, 11) is 1.55. The molecule has 3 rings (SSSR count). The molecule has 1 heterocycles. The van der Waals surface area contributed by atoms with Crippen LogP contribution in [0.15, 0.2) is 42.5 Å². The summed E-state index contributed by atoms with van der Waals surface area (Å²) < 4.78 is 57.7. The smallest absolute Gasteiger partial charge is 0.497 e. The maximum atomic E-state index is 12.6. The van der Waals surface area contributed by atoms with Gasteiger partial charge < -0.3 is 23.8 Å². The molecule has 0 spiro atoms. The molecule has 1 aliphatic rings. The Bertz CT molecular complexity index is 854. The van der Waals surface area contributed by atoms with Crippen molar-refractivity contribution in [2.75, 3.05) is 25.2 Å². The van der Waals surface area contributed by atoms with E-state index in [0.29, 0.717) is 18.0 Å². The summed E-state index contributed by atoms with van der Waals surface area (Å²) in [4.78, 5) is 13.9. The summed E-state index contributed by atoms with van der Waals surface area (Å²) in [5.41, 5.74) is 1.27. The van der Waals surface area contributed by atoms with E-state index in [9.17, 15) is 18.0 Å². The lowest BCUT2D eigenvalue weighted by atomic mass is 10.1. The number of hydrogen-bond acceptors (Lipinski definition) is 6. The third-order valence-corrected chi connectivity index (χ3v) is 4.24. The lowest BCUT2D eigenvalue weighted by molar-refractivity contribution is -0.274. The molecule has 0 fully saturated rings. The van der Waals surface area contributed by atoms with Crippen LogP contribution in [-0.2, 0) is 16.1 Å². The number of halogens is 3. The molecule has 2 aromatic rings. The first kappa shape index (κ1) is 20.6. The van der Waals surface area contributed by atoms with Gasteiger partial charge in [-0.25, -0.2) is 4.79 Å². The Morgan fingerprint density at radius 2 is 1.86 bits per heavy atom. The van der Waals surface area contributed by atoms with E-state index in [0.717, 1.165) is 11.6 Å². The van der Waals surface area contributed by atoms with Gasteiger partial charge in [0.2, 0.25) is 6.10 Å². The zero-order valence-corrected chi connectivity index (χ0v) is 15.9. The highest BCUT2D eigenvalue weighted by Crippen LogP contribution is 2.39. The van der Waals surface area contributed by atoms with Gasteiger partial charge in [0.15, 0.2) is 0 Å². The number of ether oxygens (including phenoxy) is 4. The second-order valence-corrected chi connectivity index (χ2v) is 6.26. The maximum Gasteiger partial charge on any atom is 0.573 e. The van der Waals surface area contributed by atoms with Crippen molar-refractivity contribution in [2.45, 2.75) is 25.9 Å². The predicted molar refractivity (Wildman–Crippen MR) is 98.2 cm³/mol.